The fourth-order valence-electron chi connectivity index (χ4n) is 5.25. The van der Waals surface area contributed by atoms with Gasteiger partial charge in [0.1, 0.15) is 4.90 Å². The zero-order valence-electron chi connectivity index (χ0n) is 19.3. The quantitative estimate of drug-likeness (QED) is 0.584. The lowest BCUT2D eigenvalue weighted by atomic mass is 9.91. The average molecular weight is 444 g/mol. The number of para-hydroxylation sites is 1. The number of hydrogen-bond donors (Lipinski definition) is 0. The summed E-state index contributed by atoms with van der Waals surface area (Å²) in [7, 11) is -3.65. The van der Waals surface area contributed by atoms with E-state index >= 15 is 0 Å². The molecule has 0 amide bonds. The molecule has 0 bridgehead atoms. The summed E-state index contributed by atoms with van der Waals surface area (Å²) in [6.45, 7) is 6.15. The molecule has 1 heterocycles. The molecule has 0 spiro atoms. The minimum absolute atomic E-state index is 0.120. The van der Waals surface area contributed by atoms with E-state index < -0.39 is 10.0 Å². The van der Waals surface area contributed by atoms with Crippen LogP contribution in [0.25, 0.3) is 5.69 Å². The van der Waals surface area contributed by atoms with Crippen LogP contribution in [0, 0.1) is 0 Å². The van der Waals surface area contributed by atoms with Gasteiger partial charge in [-0.25, -0.2) is 13.1 Å². The van der Waals surface area contributed by atoms with Crippen LogP contribution >= 0.6 is 0 Å². The first kappa shape index (κ1) is 22.5. The number of benzene rings is 1. The Hall–Kier alpha value is -1.66. The molecule has 2 fully saturated rings. The van der Waals surface area contributed by atoms with E-state index in [9.17, 15) is 8.42 Å². The summed E-state index contributed by atoms with van der Waals surface area (Å²) in [6.07, 6.45) is 12.6. The molecule has 2 aliphatic carbocycles. The highest BCUT2D eigenvalue weighted by Gasteiger charge is 2.41. The van der Waals surface area contributed by atoms with Crippen LogP contribution in [0.1, 0.15) is 90.7 Å². The topological polar surface area (TPSA) is 55.2 Å². The third-order valence-electron chi connectivity index (χ3n) is 6.84. The van der Waals surface area contributed by atoms with E-state index in [1.54, 1.807) is 10.9 Å². The van der Waals surface area contributed by atoms with Crippen LogP contribution in [0.15, 0.2) is 41.4 Å². The van der Waals surface area contributed by atoms with Gasteiger partial charge in [0.25, 0.3) is 0 Å². The highest BCUT2D eigenvalue weighted by atomic mass is 32.2. The Bertz CT molecular complexity index is 946. The monoisotopic (exact) mass is 443 g/mol. The zero-order valence-corrected chi connectivity index (χ0v) is 20.1. The first-order valence-corrected chi connectivity index (χ1v) is 13.4. The molecule has 5 nitrogen and oxygen atoms in total. The molecule has 31 heavy (non-hydrogen) atoms. The summed E-state index contributed by atoms with van der Waals surface area (Å²) < 4.78 is 32.3. The number of sulfonamides is 1. The molecule has 0 N–H and O–H groups in total. The lowest BCUT2D eigenvalue weighted by Gasteiger charge is -2.40. The summed E-state index contributed by atoms with van der Waals surface area (Å²) in [5.74, 6) is 0. The molecule has 1 aromatic heterocycles. The van der Waals surface area contributed by atoms with E-state index in [0.29, 0.717) is 10.6 Å². The molecule has 2 aromatic rings. The van der Waals surface area contributed by atoms with Crippen molar-refractivity contribution in [3.63, 3.8) is 0 Å². The highest BCUT2D eigenvalue weighted by molar-refractivity contribution is 7.89. The average Bonchev–Trinajstić information content (AvgIpc) is 3.23. The molecule has 0 aliphatic heterocycles. The maximum Gasteiger partial charge on any atom is 0.247 e. The second-order valence-corrected chi connectivity index (χ2v) is 12.1. The van der Waals surface area contributed by atoms with Gasteiger partial charge in [0.2, 0.25) is 10.0 Å². The van der Waals surface area contributed by atoms with E-state index in [4.69, 9.17) is 5.10 Å². The third kappa shape index (κ3) is 4.75. The van der Waals surface area contributed by atoms with E-state index in [1.165, 1.54) is 12.8 Å². The van der Waals surface area contributed by atoms with Crippen LogP contribution in [-0.4, -0.2) is 34.6 Å². The van der Waals surface area contributed by atoms with Crippen LogP contribution in [0.4, 0.5) is 0 Å². The Balaban J connectivity index is 1.81. The number of rotatable bonds is 5. The molecule has 0 atom stereocenters. The molecule has 2 aliphatic rings. The second kappa shape index (κ2) is 9.07. The third-order valence-corrected chi connectivity index (χ3v) is 8.84. The minimum Gasteiger partial charge on any atom is -0.239 e. The summed E-state index contributed by atoms with van der Waals surface area (Å²) >= 11 is 0. The molecule has 0 radical (unpaired) electrons. The lowest BCUT2D eigenvalue weighted by Crippen LogP contribution is -2.49. The van der Waals surface area contributed by atoms with Crippen molar-refractivity contribution in [1.29, 1.82) is 0 Å². The van der Waals surface area contributed by atoms with E-state index in [2.05, 4.69) is 20.8 Å². The van der Waals surface area contributed by atoms with E-state index in [0.717, 1.165) is 57.1 Å². The molecule has 6 heteroatoms. The largest absolute Gasteiger partial charge is 0.247 e. The Morgan fingerprint density at radius 3 is 1.87 bits per heavy atom. The van der Waals surface area contributed by atoms with Crippen molar-refractivity contribution >= 4 is 10.0 Å². The van der Waals surface area contributed by atoms with Crippen molar-refractivity contribution in [1.82, 2.24) is 14.1 Å². The van der Waals surface area contributed by atoms with Crippen molar-refractivity contribution < 1.29 is 8.42 Å². The Labute approximate surface area is 187 Å². The smallest absolute Gasteiger partial charge is 0.239 e. The molecule has 170 valence electrons. The van der Waals surface area contributed by atoms with Crippen LogP contribution < -0.4 is 0 Å². The Morgan fingerprint density at radius 2 is 1.39 bits per heavy atom. The van der Waals surface area contributed by atoms with Gasteiger partial charge in [-0.2, -0.15) is 9.40 Å². The van der Waals surface area contributed by atoms with Crippen molar-refractivity contribution in [2.45, 2.75) is 107 Å². The van der Waals surface area contributed by atoms with Gasteiger partial charge in [-0.1, -0.05) is 77.5 Å². The SMILES string of the molecule is CC(C)(C)c1nn(-c2ccccc2)cc1S(=O)(=O)N(C1CCCCC1)C1CCCCC1. The maximum atomic E-state index is 14.3. The first-order chi connectivity index (χ1) is 14.8. The minimum atomic E-state index is -3.65. The summed E-state index contributed by atoms with van der Waals surface area (Å²) in [5, 5.41) is 4.80. The van der Waals surface area contributed by atoms with Gasteiger partial charge in [0.15, 0.2) is 0 Å². The van der Waals surface area contributed by atoms with Gasteiger partial charge < -0.3 is 0 Å². The summed E-state index contributed by atoms with van der Waals surface area (Å²) in [4.78, 5) is 0.389. The van der Waals surface area contributed by atoms with Crippen molar-refractivity contribution in [3.05, 3.63) is 42.2 Å². The van der Waals surface area contributed by atoms with Crippen molar-refractivity contribution in [2.75, 3.05) is 0 Å². The number of nitrogens with zero attached hydrogens (tertiary/aromatic N) is 3. The van der Waals surface area contributed by atoms with Crippen LogP contribution in [0.3, 0.4) is 0 Å². The second-order valence-electron chi connectivity index (χ2n) is 10.3. The van der Waals surface area contributed by atoms with Gasteiger partial charge in [-0.15, -0.1) is 0 Å². The van der Waals surface area contributed by atoms with E-state index in [-0.39, 0.29) is 17.5 Å². The normalized spacial score (nSPS) is 19.7. The molecule has 4 rings (SSSR count). The van der Waals surface area contributed by atoms with Gasteiger partial charge in [0.05, 0.1) is 17.6 Å². The lowest BCUT2D eigenvalue weighted by molar-refractivity contribution is 0.169. The maximum absolute atomic E-state index is 14.3. The standard InChI is InChI=1S/C25H37N3O2S/c1-25(2,3)24-23(19-27(26-24)20-13-7-4-8-14-20)31(29,30)28(21-15-9-5-10-16-21)22-17-11-6-12-18-22/h4,7-8,13-14,19,21-22H,5-6,9-12,15-18H2,1-3H3. The Morgan fingerprint density at radius 1 is 0.871 bits per heavy atom. The highest BCUT2D eigenvalue weighted by Crippen LogP contribution is 2.37. The molecular formula is C25H37N3O2S. The van der Waals surface area contributed by atoms with Gasteiger partial charge >= 0.3 is 0 Å². The van der Waals surface area contributed by atoms with Crippen LogP contribution in [-0.2, 0) is 15.4 Å². The zero-order chi connectivity index (χ0) is 22.1. The fraction of sp³-hybridized carbons (Fsp3) is 0.640. The van der Waals surface area contributed by atoms with Gasteiger partial charge in [0, 0.05) is 17.5 Å². The fourth-order valence-corrected chi connectivity index (χ4v) is 7.51. The van der Waals surface area contributed by atoms with Crippen molar-refractivity contribution in [3.8, 4) is 5.69 Å². The summed E-state index contributed by atoms with van der Waals surface area (Å²) in [5.41, 5.74) is 1.18. The number of aromatic nitrogens is 2. The van der Waals surface area contributed by atoms with Gasteiger partial charge in [-0.3, -0.25) is 0 Å². The molecule has 0 unspecified atom stereocenters. The number of hydrogen-bond acceptors (Lipinski definition) is 3. The molecular weight excluding hydrogens is 406 g/mol. The first-order valence-electron chi connectivity index (χ1n) is 12.0. The van der Waals surface area contributed by atoms with Crippen LogP contribution in [0.5, 0.6) is 0 Å². The van der Waals surface area contributed by atoms with Crippen molar-refractivity contribution in [2.24, 2.45) is 0 Å². The summed E-state index contributed by atoms with van der Waals surface area (Å²) in [6, 6.07) is 10.1. The van der Waals surface area contributed by atoms with Gasteiger partial charge in [-0.05, 0) is 37.8 Å². The predicted octanol–water partition coefficient (Wildman–Crippen LogP) is 5.83. The molecule has 0 saturated heterocycles. The van der Waals surface area contributed by atoms with Crippen LogP contribution in [0.2, 0.25) is 0 Å². The Kier molecular flexibility index (Phi) is 6.59. The molecule has 2 saturated carbocycles. The van der Waals surface area contributed by atoms with E-state index in [1.807, 2.05) is 34.6 Å². The molecule has 1 aromatic carbocycles. The predicted molar refractivity (Wildman–Crippen MR) is 125 cm³/mol.